The molecule has 0 atom stereocenters. The number of carboxylic acids is 1. The maximum absolute atomic E-state index is 10.6. The molecule has 0 aromatic heterocycles. The lowest BCUT2D eigenvalue weighted by atomic mass is 10.2. The third-order valence-corrected chi connectivity index (χ3v) is 1.45. The molecule has 0 aliphatic heterocycles. The second-order valence-corrected chi connectivity index (χ2v) is 3.06. The standard InChI is InChI=1S/C9H9NO3.C2H7N/c1-6(11)10-8-4-2-7(3-5-8)9(12)13;1-3-2/h2-5H,1H3,(H,10,11)(H,12,13);3H,1-2H3. The highest BCUT2D eigenvalue weighted by Crippen LogP contribution is 2.08. The second-order valence-electron chi connectivity index (χ2n) is 3.06. The topological polar surface area (TPSA) is 78.4 Å². The summed E-state index contributed by atoms with van der Waals surface area (Å²) in [5, 5.41) is 13.9. The molecule has 0 aliphatic carbocycles. The van der Waals surface area contributed by atoms with Gasteiger partial charge in [0.05, 0.1) is 5.56 Å². The Morgan fingerprint density at radius 1 is 1.12 bits per heavy atom. The van der Waals surface area contributed by atoms with Gasteiger partial charge in [0.1, 0.15) is 0 Å². The summed E-state index contributed by atoms with van der Waals surface area (Å²) in [6.07, 6.45) is 0. The van der Waals surface area contributed by atoms with Crippen molar-refractivity contribution in [3.8, 4) is 0 Å². The van der Waals surface area contributed by atoms with Crippen molar-refractivity contribution in [2.45, 2.75) is 6.92 Å². The number of hydrogen-bond donors (Lipinski definition) is 3. The van der Waals surface area contributed by atoms with E-state index >= 15 is 0 Å². The smallest absolute Gasteiger partial charge is 0.335 e. The monoisotopic (exact) mass is 224 g/mol. The summed E-state index contributed by atoms with van der Waals surface area (Å²) in [6, 6.07) is 5.97. The van der Waals surface area contributed by atoms with Gasteiger partial charge in [0.2, 0.25) is 5.91 Å². The van der Waals surface area contributed by atoms with Gasteiger partial charge in [-0.25, -0.2) is 4.79 Å². The Morgan fingerprint density at radius 3 is 1.88 bits per heavy atom. The Labute approximate surface area is 94.5 Å². The highest BCUT2D eigenvalue weighted by atomic mass is 16.4. The summed E-state index contributed by atoms with van der Waals surface area (Å²) in [5.74, 6) is -1.16. The molecule has 3 N–H and O–H groups in total. The number of nitrogens with one attached hydrogen (secondary N) is 2. The molecule has 1 rings (SSSR count). The lowest BCUT2D eigenvalue weighted by molar-refractivity contribution is -0.114. The van der Waals surface area contributed by atoms with Crippen molar-refractivity contribution in [1.82, 2.24) is 5.32 Å². The van der Waals surface area contributed by atoms with E-state index in [1.165, 1.54) is 19.1 Å². The molecule has 0 radical (unpaired) electrons. The maximum atomic E-state index is 10.6. The number of carboxylic acid groups (broad SMARTS) is 1. The zero-order valence-corrected chi connectivity index (χ0v) is 9.57. The van der Waals surface area contributed by atoms with Crippen LogP contribution in [0.1, 0.15) is 17.3 Å². The fraction of sp³-hybridized carbons (Fsp3) is 0.273. The fourth-order valence-electron chi connectivity index (χ4n) is 0.899. The largest absolute Gasteiger partial charge is 0.478 e. The van der Waals surface area contributed by atoms with E-state index in [-0.39, 0.29) is 11.5 Å². The Morgan fingerprint density at radius 2 is 1.56 bits per heavy atom. The first-order valence-electron chi connectivity index (χ1n) is 4.70. The van der Waals surface area contributed by atoms with Crippen LogP contribution in [-0.2, 0) is 4.79 Å². The zero-order valence-electron chi connectivity index (χ0n) is 9.57. The molecule has 0 saturated carbocycles. The molecular formula is C11H16N2O3. The summed E-state index contributed by atoms with van der Waals surface area (Å²) in [5.41, 5.74) is 0.798. The fourth-order valence-corrected chi connectivity index (χ4v) is 0.899. The van der Waals surface area contributed by atoms with Crippen LogP contribution in [-0.4, -0.2) is 31.1 Å². The van der Waals surface area contributed by atoms with Gasteiger partial charge in [-0.2, -0.15) is 0 Å². The van der Waals surface area contributed by atoms with Crippen LogP contribution in [0.3, 0.4) is 0 Å². The summed E-state index contributed by atoms with van der Waals surface area (Å²) in [4.78, 5) is 21.1. The Bertz CT molecular complexity index is 347. The van der Waals surface area contributed by atoms with Gasteiger partial charge in [0.25, 0.3) is 0 Å². The summed E-state index contributed by atoms with van der Waals surface area (Å²) in [6.45, 7) is 1.39. The molecule has 5 heteroatoms. The normalized spacial score (nSPS) is 8.69. The van der Waals surface area contributed by atoms with E-state index in [0.29, 0.717) is 5.69 Å². The van der Waals surface area contributed by atoms with Crippen molar-refractivity contribution in [2.75, 3.05) is 19.4 Å². The van der Waals surface area contributed by atoms with Crippen molar-refractivity contribution >= 4 is 17.6 Å². The molecule has 0 aliphatic rings. The molecule has 0 spiro atoms. The van der Waals surface area contributed by atoms with Crippen molar-refractivity contribution in [1.29, 1.82) is 0 Å². The first-order valence-corrected chi connectivity index (χ1v) is 4.70. The predicted molar refractivity (Wildman–Crippen MR) is 62.7 cm³/mol. The third kappa shape index (κ3) is 5.77. The zero-order chi connectivity index (χ0) is 12.6. The van der Waals surface area contributed by atoms with Crippen molar-refractivity contribution in [3.63, 3.8) is 0 Å². The highest BCUT2D eigenvalue weighted by Gasteiger charge is 2.01. The minimum Gasteiger partial charge on any atom is -0.478 e. The van der Waals surface area contributed by atoms with Gasteiger partial charge in [-0.1, -0.05) is 0 Å². The molecule has 0 unspecified atom stereocenters. The van der Waals surface area contributed by atoms with Gasteiger partial charge in [-0.15, -0.1) is 0 Å². The van der Waals surface area contributed by atoms with Crippen LogP contribution in [0.4, 0.5) is 5.69 Å². The van der Waals surface area contributed by atoms with Gasteiger partial charge in [-0.05, 0) is 38.4 Å². The molecule has 1 aromatic carbocycles. The molecule has 1 amide bonds. The lowest BCUT2D eigenvalue weighted by Crippen LogP contribution is -2.05. The van der Waals surface area contributed by atoms with Crippen LogP contribution < -0.4 is 10.6 Å². The number of anilines is 1. The van der Waals surface area contributed by atoms with Crippen LogP contribution in [0.2, 0.25) is 0 Å². The quantitative estimate of drug-likeness (QED) is 0.704. The summed E-state index contributed by atoms with van der Waals surface area (Å²) in [7, 11) is 3.75. The van der Waals surface area contributed by atoms with E-state index in [1.807, 2.05) is 14.1 Å². The molecule has 0 heterocycles. The van der Waals surface area contributed by atoms with Gasteiger partial charge in [0.15, 0.2) is 0 Å². The summed E-state index contributed by atoms with van der Waals surface area (Å²) < 4.78 is 0. The third-order valence-electron chi connectivity index (χ3n) is 1.45. The Hall–Kier alpha value is -1.88. The van der Waals surface area contributed by atoms with E-state index in [1.54, 1.807) is 12.1 Å². The maximum Gasteiger partial charge on any atom is 0.335 e. The van der Waals surface area contributed by atoms with E-state index in [4.69, 9.17) is 5.11 Å². The predicted octanol–water partition coefficient (Wildman–Crippen LogP) is 1.18. The summed E-state index contributed by atoms with van der Waals surface area (Å²) >= 11 is 0. The Kier molecular flexibility index (Phi) is 6.55. The number of carbonyl (C=O) groups is 2. The lowest BCUT2D eigenvalue weighted by Gasteiger charge is -2.01. The molecule has 5 nitrogen and oxygen atoms in total. The minimum absolute atomic E-state index is 0.178. The van der Waals surface area contributed by atoms with Gasteiger partial charge >= 0.3 is 5.97 Å². The first kappa shape index (κ1) is 14.1. The number of amides is 1. The number of aromatic carboxylic acids is 1. The van der Waals surface area contributed by atoms with Crippen LogP contribution in [0, 0.1) is 0 Å². The minimum atomic E-state index is -0.977. The first-order chi connectivity index (χ1) is 7.51. The average Bonchev–Trinajstić information content (AvgIpc) is 2.18. The van der Waals surface area contributed by atoms with Crippen LogP contribution >= 0.6 is 0 Å². The number of benzene rings is 1. The molecule has 88 valence electrons. The number of rotatable bonds is 2. The van der Waals surface area contributed by atoms with E-state index in [2.05, 4.69) is 10.6 Å². The molecule has 0 bridgehead atoms. The van der Waals surface area contributed by atoms with Crippen molar-refractivity contribution in [2.24, 2.45) is 0 Å². The molecule has 0 fully saturated rings. The number of carbonyl (C=O) groups excluding carboxylic acids is 1. The average molecular weight is 224 g/mol. The van der Waals surface area contributed by atoms with E-state index < -0.39 is 5.97 Å². The van der Waals surface area contributed by atoms with Gasteiger partial charge < -0.3 is 15.7 Å². The van der Waals surface area contributed by atoms with Crippen molar-refractivity contribution < 1.29 is 14.7 Å². The Balaban J connectivity index is 0.000000673. The van der Waals surface area contributed by atoms with E-state index in [9.17, 15) is 9.59 Å². The molecule has 1 aromatic rings. The van der Waals surface area contributed by atoms with Crippen LogP contribution in [0.25, 0.3) is 0 Å². The highest BCUT2D eigenvalue weighted by molar-refractivity contribution is 5.91. The molecule has 0 saturated heterocycles. The second kappa shape index (κ2) is 7.42. The van der Waals surface area contributed by atoms with E-state index in [0.717, 1.165) is 0 Å². The SMILES string of the molecule is CC(=O)Nc1ccc(C(=O)O)cc1.CNC. The van der Waals surface area contributed by atoms with Gasteiger partial charge in [-0.3, -0.25) is 4.79 Å². The molecular weight excluding hydrogens is 208 g/mol. The molecule has 16 heavy (non-hydrogen) atoms. The van der Waals surface area contributed by atoms with Crippen molar-refractivity contribution in [3.05, 3.63) is 29.8 Å². The number of hydrogen-bond acceptors (Lipinski definition) is 3. The van der Waals surface area contributed by atoms with Gasteiger partial charge in [0, 0.05) is 12.6 Å². The van der Waals surface area contributed by atoms with Crippen LogP contribution in [0.5, 0.6) is 0 Å². The van der Waals surface area contributed by atoms with Crippen LogP contribution in [0.15, 0.2) is 24.3 Å².